The molecule has 4 rings (SSSR count). The number of aliphatic hydroxyl groups excluding tert-OH is 1. The van der Waals surface area contributed by atoms with E-state index in [4.69, 9.17) is 9.47 Å². The van der Waals surface area contributed by atoms with Crippen LogP contribution in [-0.4, -0.2) is 66.5 Å². The highest BCUT2D eigenvalue weighted by molar-refractivity contribution is 6.46. The van der Waals surface area contributed by atoms with Crippen molar-refractivity contribution in [3.8, 4) is 11.5 Å². The van der Waals surface area contributed by atoms with Gasteiger partial charge in [0.05, 0.1) is 18.2 Å². The Kier molecular flexibility index (Phi) is 7.69. The van der Waals surface area contributed by atoms with Gasteiger partial charge < -0.3 is 24.4 Å². The van der Waals surface area contributed by atoms with Gasteiger partial charge >= 0.3 is 0 Å². The fourth-order valence-electron chi connectivity index (χ4n) is 4.68. The Balaban J connectivity index is 1.75. The zero-order valence-electron chi connectivity index (χ0n) is 21.8. The second-order valence-electron chi connectivity index (χ2n) is 10.4. The maximum Gasteiger partial charge on any atom is 0.295 e. The summed E-state index contributed by atoms with van der Waals surface area (Å²) in [6.45, 7) is 7.80. The van der Waals surface area contributed by atoms with E-state index < -0.39 is 17.7 Å². The fraction of sp³-hybridized carbons (Fsp3) is 0.448. The van der Waals surface area contributed by atoms with E-state index in [0.29, 0.717) is 36.9 Å². The monoisotopic (exact) mass is 492 g/mol. The summed E-state index contributed by atoms with van der Waals surface area (Å²) in [7, 11) is 3.84. The number of Topliss-reactive ketones (excluding diaryl/α,β-unsaturated/α-hetero) is 1. The number of benzene rings is 2. The first-order chi connectivity index (χ1) is 17.2. The van der Waals surface area contributed by atoms with E-state index in [2.05, 4.69) is 13.8 Å². The van der Waals surface area contributed by atoms with Crippen LogP contribution in [0, 0.1) is 5.92 Å². The molecule has 7 heteroatoms. The molecule has 1 N–H and O–H groups in total. The van der Waals surface area contributed by atoms with E-state index in [1.54, 1.807) is 11.0 Å². The molecule has 2 aromatic rings. The predicted molar refractivity (Wildman–Crippen MR) is 139 cm³/mol. The average Bonchev–Trinajstić information content (AvgIpc) is 3.32. The first-order valence-electron chi connectivity index (χ1n) is 12.6. The summed E-state index contributed by atoms with van der Waals surface area (Å²) >= 11 is 0. The summed E-state index contributed by atoms with van der Waals surface area (Å²) < 4.78 is 11.7. The van der Waals surface area contributed by atoms with Gasteiger partial charge in [-0.1, -0.05) is 26.0 Å². The van der Waals surface area contributed by atoms with Gasteiger partial charge in [-0.2, -0.15) is 0 Å². The van der Waals surface area contributed by atoms with Crippen molar-refractivity contribution in [1.82, 2.24) is 9.80 Å². The van der Waals surface area contributed by atoms with E-state index in [9.17, 15) is 14.7 Å². The maximum atomic E-state index is 13.3. The minimum atomic E-state index is -0.706. The van der Waals surface area contributed by atoms with Crippen molar-refractivity contribution in [2.45, 2.75) is 45.8 Å². The van der Waals surface area contributed by atoms with Crippen LogP contribution < -0.4 is 9.47 Å². The number of amides is 1. The third kappa shape index (κ3) is 5.41. The number of aliphatic hydroxyl groups is 1. The van der Waals surface area contributed by atoms with Crippen molar-refractivity contribution in [3.63, 3.8) is 0 Å². The van der Waals surface area contributed by atoms with Crippen LogP contribution in [0.4, 0.5) is 0 Å². The SMILES string of the molecule is CC(C)CCOc1cccc([C@H]2C(=C(O)c3ccc4c(c3)C[C@H](C)O4)C(=O)C(=O)N2CCN(C)C)c1. The molecule has 0 saturated carbocycles. The van der Waals surface area contributed by atoms with E-state index in [-0.39, 0.29) is 17.4 Å². The lowest BCUT2D eigenvalue weighted by Gasteiger charge is -2.27. The molecule has 0 unspecified atom stereocenters. The Bertz CT molecular complexity index is 1170. The van der Waals surface area contributed by atoms with Crippen LogP contribution in [0.15, 0.2) is 48.0 Å². The molecule has 1 saturated heterocycles. The van der Waals surface area contributed by atoms with Gasteiger partial charge in [0.2, 0.25) is 0 Å². The number of ether oxygens (including phenoxy) is 2. The molecule has 2 heterocycles. The summed E-state index contributed by atoms with van der Waals surface area (Å²) in [5, 5.41) is 11.4. The largest absolute Gasteiger partial charge is 0.507 e. The molecule has 0 aliphatic carbocycles. The molecular weight excluding hydrogens is 456 g/mol. The quantitative estimate of drug-likeness (QED) is 0.317. The lowest BCUT2D eigenvalue weighted by Crippen LogP contribution is -2.35. The molecule has 2 atom stereocenters. The fourth-order valence-corrected chi connectivity index (χ4v) is 4.68. The standard InChI is InChI=1S/C29H36N2O5/c1-18(2)11-14-35-23-8-6-7-20(17-23)26-25(28(33)29(34)31(26)13-12-30(4)5)27(32)21-9-10-24-22(16-21)15-19(3)36-24/h6-10,16-19,26,32H,11-15H2,1-5H3/t19-,26-/m0/s1. The van der Waals surface area contributed by atoms with Gasteiger partial charge in [-0.15, -0.1) is 0 Å². The highest BCUT2D eigenvalue weighted by atomic mass is 16.5. The lowest BCUT2D eigenvalue weighted by molar-refractivity contribution is -0.140. The summed E-state index contributed by atoms with van der Waals surface area (Å²) in [5.74, 6) is 0.537. The zero-order valence-corrected chi connectivity index (χ0v) is 21.8. The third-order valence-corrected chi connectivity index (χ3v) is 6.64. The highest BCUT2D eigenvalue weighted by Crippen LogP contribution is 2.41. The van der Waals surface area contributed by atoms with E-state index in [1.807, 2.05) is 62.3 Å². The molecule has 2 aromatic carbocycles. The number of nitrogens with zero attached hydrogens (tertiary/aromatic N) is 2. The number of fused-ring (bicyclic) bond motifs is 1. The molecule has 2 aliphatic heterocycles. The van der Waals surface area contributed by atoms with Crippen molar-refractivity contribution in [3.05, 3.63) is 64.7 Å². The van der Waals surface area contributed by atoms with Crippen molar-refractivity contribution in [2.24, 2.45) is 5.92 Å². The van der Waals surface area contributed by atoms with E-state index in [0.717, 1.165) is 29.7 Å². The van der Waals surface area contributed by atoms with Crippen LogP contribution in [0.3, 0.4) is 0 Å². The normalized spacial score (nSPS) is 20.8. The molecular formula is C29H36N2O5. The van der Waals surface area contributed by atoms with Gasteiger partial charge in [-0.05, 0) is 74.8 Å². The molecule has 2 aliphatic rings. The molecule has 0 aromatic heterocycles. The number of likely N-dealkylation sites (N-methyl/N-ethyl adjacent to an activating group) is 1. The minimum absolute atomic E-state index is 0.0624. The van der Waals surface area contributed by atoms with Crippen LogP contribution in [0.2, 0.25) is 0 Å². The molecule has 36 heavy (non-hydrogen) atoms. The number of carbonyl (C=O) groups excluding carboxylic acids is 2. The summed E-state index contributed by atoms with van der Waals surface area (Å²) in [5.41, 5.74) is 2.32. The lowest BCUT2D eigenvalue weighted by atomic mass is 9.94. The first-order valence-corrected chi connectivity index (χ1v) is 12.6. The van der Waals surface area contributed by atoms with Crippen LogP contribution >= 0.6 is 0 Å². The van der Waals surface area contributed by atoms with Crippen LogP contribution in [-0.2, 0) is 16.0 Å². The Labute approximate surface area is 213 Å². The molecule has 0 bridgehead atoms. The van der Waals surface area contributed by atoms with Gasteiger partial charge in [0, 0.05) is 25.1 Å². The summed E-state index contributed by atoms with van der Waals surface area (Å²) in [6, 6.07) is 12.2. The van der Waals surface area contributed by atoms with Crippen molar-refractivity contribution >= 4 is 17.4 Å². The van der Waals surface area contributed by atoms with Crippen LogP contribution in [0.25, 0.3) is 5.76 Å². The third-order valence-electron chi connectivity index (χ3n) is 6.64. The predicted octanol–water partition coefficient (Wildman–Crippen LogP) is 4.42. The van der Waals surface area contributed by atoms with Crippen molar-refractivity contribution in [1.29, 1.82) is 0 Å². The average molecular weight is 493 g/mol. The number of rotatable bonds is 9. The molecule has 7 nitrogen and oxygen atoms in total. The molecule has 0 spiro atoms. The number of ketones is 1. The maximum absolute atomic E-state index is 13.3. The van der Waals surface area contributed by atoms with Gasteiger partial charge in [-0.25, -0.2) is 0 Å². The highest BCUT2D eigenvalue weighted by Gasteiger charge is 2.46. The molecule has 192 valence electrons. The van der Waals surface area contributed by atoms with E-state index >= 15 is 0 Å². The van der Waals surface area contributed by atoms with Crippen molar-refractivity contribution in [2.75, 3.05) is 33.8 Å². The minimum Gasteiger partial charge on any atom is -0.507 e. The number of likely N-dealkylation sites (tertiary alicyclic amines) is 1. The van der Waals surface area contributed by atoms with Crippen LogP contribution in [0.5, 0.6) is 11.5 Å². The van der Waals surface area contributed by atoms with Gasteiger partial charge in [0.1, 0.15) is 23.4 Å². The molecule has 1 amide bonds. The Hall–Kier alpha value is -3.32. The number of hydrogen-bond donors (Lipinski definition) is 1. The van der Waals surface area contributed by atoms with Gasteiger partial charge in [-0.3, -0.25) is 9.59 Å². The van der Waals surface area contributed by atoms with Crippen LogP contribution in [0.1, 0.15) is 49.9 Å². The smallest absolute Gasteiger partial charge is 0.295 e. The molecule has 0 radical (unpaired) electrons. The van der Waals surface area contributed by atoms with E-state index in [1.165, 1.54) is 0 Å². The second-order valence-corrected chi connectivity index (χ2v) is 10.4. The van der Waals surface area contributed by atoms with Gasteiger partial charge in [0.15, 0.2) is 0 Å². The molecule has 1 fully saturated rings. The Morgan fingerprint density at radius 1 is 1.19 bits per heavy atom. The summed E-state index contributed by atoms with van der Waals surface area (Å²) in [4.78, 5) is 30.0. The second kappa shape index (κ2) is 10.7. The number of carbonyl (C=O) groups is 2. The topological polar surface area (TPSA) is 79.3 Å². The Morgan fingerprint density at radius 2 is 1.97 bits per heavy atom. The zero-order chi connectivity index (χ0) is 26.0. The van der Waals surface area contributed by atoms with Crippen molar-refractivity contribution < 1.29 is 24.2 Å². The first kappa shape index (κ1) is 25.8. The Morgan fingerprint density at radius 3 is 2.69 bits per heavy atom. The number of hydrogen-bond acceptors (Lipinski definition) is 6. The summed E-state index contributed by atoms with van der Waals surface area (Å²) in [6.07, 6.45) is 1.71. The van der Waals surface area contributed by atoms with Gasteiger partial charge in [0.25, 0.3) is 11.7 Å².